The number of carbonyl (C=O) groups is 5. The molecule has 28 nitrogen and oxygen atoms in total. The van der Waals surface area contributed by atoms with Crippen molar-refractivity contribution in [2.45, 2.75) is 49.6 Å². The fourth-order valence-electron chi connectivity index (χ4n) is 5.41. The maximum atomic E-state index is 12.9. The molecule has 2 heterocycles. The summed E-state index contributed by atoms with van der Waals surface area (Å²) in [6.07, 6.45) is 0.607. The van der Waals surface area contributed by atoms with E-state index in [1.807, 2.05) is 6.92 Å². The van der Waals surface area contributed by atoms with Gasteiger partial charge in [-0.15, -0.1) is 9.78 Å². The number of carboxylic acids is 1. The van der Waals surface area contributed by atoms with Crippen molar-refractivity contribution in [3.05, 3.63) is 104 Å². The molecule has 1 atom stereocenters. The predicted molar refractivity (Wildman–Crippen MR) is 257 cm³/mol. The number of aliphatic carboxylic acids is 1. The minimum atomic E-state index is -4.63. The van der Waals surface area contributed by atoms with Crippen LogP contribution in [0, 0.1) is 6.92 Å². The summed E-state index contributed by atoms with van der Waals surface area (Å²) in [6, 6.07) is 12.3. The molecule has 0 unspecified atom stereocenters. The molecule has 2 aromatic heterocycles. The molecule has 4 N–H and O–H groups in total. The van der Waals surface area contributed by atoms with E-state index >= 15 is 0 Å². The fraction of sp³-hybridized carbons (Fsp3) is 0.310. The molecule has 0 aliphatic heterocycles. The number of anilines is 1. The van der Waals surface area contributed by atoms with Crippen molar-refractivity contribution in [2.75, 3.05) is 46.6 Å². The van der Waals surface area contributed by atoms with E-state index in [4.69, 9.17) is 30.5 Å². The van der Waals surface area contributed by atoms with Crippen molar-refractivity contribution in [1.29, 1.82) is 0 Å². The molecule has 33 heteroatoms. The summed E-state index contributed by atoms with van der Waals surface area (Å²) >= 11 is 5.73. The minimum absolute atomic E-state index is 0. The van der Waals surface area contributed by atoms with Crippen LogP contribution in [0.3, 0.4) is 0 Å². The molecule has 3 aromatic carbocycles. The molecule has 0 aliphatic carbocycles. The number of rotatable bonds is 18. The van der Waals surface area contributed by atoms with E-state index in [9.17, 15) is 59.1 Å². The van der Waals surface area contributed by atoms with Crippen LogP contribution in [0.25, 0.3) is 0 Å². The number of amides is 3. The van der Waals surface area contributed by atoms with Crippen LogP contribution >= 0.6 is 11.6 Å². The summed E-state index contributed by atoms with van der Waals surface area (Å²) in [7, 11) is -6.59. The molecule has 5 aromatic rings. The minimum Gasteiger partial charge on any atom is -0.546 e. The second-order valence-corrected chi connectivity index (χ2v) is 20.1. The van der Waals surface area contributed by atoms with Gasteiger partial charge < -0.3 is 38.3 Å². The number of nitrogens with one attached hydrogen (secondary N) is 4. The van der Waals surface area contributed by atoms with Crippen molar-refractivity contribution in [1.82, 2.24) is 38.5 Å². The zero-order valence-corrected chi connectivity index (χ0v) is 46.9. The first-order chi connectivity index (χ1) is 34.6. The fourth-order valence-corrected chi connectivity index (χ4v) is 8.34. The average Bonchev–Trinajstić information content (AvgIpc) is 3.64. The van der Waals surface area contributed by atoms with E-state index in [1.54, 1.807) is 34.6 Å². The van der Waals surface area contributed by atoms with E-state index in [0.717, 1.165) is 48.8 Å². The Hall–Kier alpha value is -6.87. The number of carboxylic acid groups (broad SMARTS) is 1. The number of hydrogen-bond donors (Lipinski definition) is 4. The van der Waals surface area contributed by atoms with Crippen LogP contribution < -0.4 is 78.8 Å². The molecule has 0 saturated heterocycles. The Morgan fingerprint density at radius 1 is 0.800 bits per heavy atom. The molecule has 3 amide bonds. The van der Waals surface area contributed by atoms with Gasteiger partial charge in [-0.05, 0) is 73.9 Å². The third-order valence-electron chi connectivity index (χ3n) is 8.97. The molecule has 0 spiro atoms. The number of sulfonamides is 3. The molecule has 0 fully saturated rings. The van der Waals surface area contributed by atoms with E-state index in [-0.39, 0.29) is 83.1 Å². The number of carbonyl (C=O) groups excluding carboxylic acids is 5. The van der Waals surface area contributed by atoms with Gasteiger partial charge in [-0.3, -0.25) is 5.32 Å². The number of nitrogens with zero attached hydrogens (tertiary/aromatic N) is 5. The van der Waals surface area contributed by atoms with Crippen LogP contribution in [-0.4, -0.2) is 127 Å². The van der Waals surface area contributed by atoms with Crippen LogP contribution in [-0.2, 0) is 57.9 Å². The Balaban J connectivity index is 0.000000411. The molecule has 0 saturated carbocycles. The standard InChI is InChI=1S/C17H21N5O9S2.C15H18N4O7S.C10H11ClO3.Na/c1-29-13-8-14(30-2)20-16(19-13)21-17(24)22-33(27,28)12-7-10(9-18-32(4,25)26)5-6-11(12)15(23)31-3;1-4-9-26-14-16-19(15(22)18(14)2)13(21)17-27(23,24)11-8-6-5-7-10(11)12(20)25-3;1-6-5-8(11)3-4-9(6)14-7(2)10(12)13;/h5-8,18H,9H2,1-4H3,(H2,19,20,21,22,24);5-8H,4,9H2,1-3H3,(H,17,21);3-5,7H,1-2H3,(H,12,13);/q;;;+1/p-1/t;;7-;/m..1./s1. The van der Waals surface area contributed by atoms with Crippen LogP contribution in [0.4, 0.5) is 15.5 Å². The van der Waals surface area contributed by atoms with Gasteiger partial charge in [-0.25, -0.2) is 68.0 Å². The Morgan fingerprint density at radius 2 is 1.37 bits per heavy atom. The van der Waals surface area contributed by atoms with Gasteiger partial charge in [0.1, 0.15) is 21.6 Å². The van der Waals surface area contributed by atoms with E-state index < -0.39 is 81.6 Å². The Kier molecular flexibility index (Phi) is 24.6. The third kappa shape index (κ3) is 19.1. The molecule has 0 radical (unpaired) electrons. The molecule has 0 bridgehead atoms. The van der Waals surface area contributed by atoms with Crippen molar-refractivity contribution >= 4 is 77.6 Å². The van der Waals surface area contributed by atoms with Crippen molar-refractivity contribution < 1.29 is 112 Å². The number of hydrogen-bond acceptors (Lipinski definition) is 22. The Labute approximate surface area is 456 Å². The summed E-state index contributed by atoms with van der Waals surface area (Å²) in [5.74, 6) is -2.85. The number of urea groups is 1. The second-order valence-electron chi connectivity index (χ2n) is 14.5. The summed E-state index contributed by atoms with van der Waals surface area (Å²) in [4.78, 5) is 77.5. The predicted octanol–water partition coefficient (Wildman–Crippen LogP) is -1.89. The van der Waals surface area contributed by atoms with Gasteiger partial charge >= 0.3 is 65.3 Å². The Morgan fingerprint density at radius 3 is 1.91 bits per heavy atom. The van der Waals surface area contributed by atoms with Crippen LogP contribution in [0.2, 0.25) is 5.02 Å². The van der Waals surface area contributed by atoms with Gasteiger partial charge in [0.2, 0.25) is 27.7 Å². The van der Waals surface area contributed by atoms with E-state index in [2.05, 4.69) is 34.6 Å². The first-order valence-corrected chi connectivity index (χ1v) is 26.0. The SMILES string of the molecule is CCCOc1nn(C(=O)NS(=O)(=O)c2ccccc2C(=O)OC)c(=O)n1C.COC(=O)c1ccc(CNS(C)(=O)=O)cc1S(=O)(=O)NC(=O)Nc1nc(OC)cc(OC)n1.Cc1cc(Cl)ccc1O[C@H](C)C(=O)[O-].[Na+]. The van der Waals surface area contributed by atoms with Crippen LogP contribution in [0.1, 0.15) is 52.1 Å². The van der Waals surface area contributed by atoms with Crippen LogP contribution in [0.5, 0.6) is 23.5 Å². The van der Waals surface area contributed by atoms with Crippen molar-refractivity contribution in [3.8, 4) is 23.5 Å². The number of methoxy groups -OCH3 is 4. The van der Waals surface area contributed by atoms with Gasteiger partial charge in [0.05, 0.1) is 64.5 Å². The maximum absolute atomic E-state index is 12.9. The number of aryl methyl sites for hydroxylation is 1. The van der Waals surface area contributed by atoms with Crippen molar-refractivity contribution in [3.63, 3.8) is 0 Å². The molecular weight excluding hydrogens is 1090 g/mol. The van der Waals surface area contributed by atoms with Gasteiger partial charge in [-0.2, -0.15) is 9.97 Å². The van der Waals surface area contributed by atoms with Gasteiger partial charge in [0.25, 0.3) is 20.0 Å². The summed E-state index contributed by atoms with van der Waals surface area (Å²) in [6.45, 7) is 5.06. The van der Waals surface area contributed by atoms with E-state index in [1.165, 1.54) is 58.5 Å². The average molecular weight is 1140 g/mol. The first kappa shape index (κ1) is 64.2. The molecule has 5 rings (SSSR count). The summed E-state index contributed by atoms with van der Waals surface area (Å²) in [5.41, 5.74) is -0.531. The summed E-state index contributed by atoms with van der Waals surface area (Å²) in [5, 5.41) is 16.8. The number of esters is 2. The zero-order valence-electron chi connectivity index (χ0n) is 41.6. The van der Waals surface area contributed by atoms with Gasteiger partial charge in [-0.1, -0.05) is 36.7 Å². The molecular formula is C42H49ClN9NaO19S3. The smallest absolute Gasteiger partial charge is 0.546 e. The normalized spacial score (nSPS) is 11.3. The number of halogens is 1. The largest absolute Gasteiger partial charge is 1.00 e. The number of benzene rings is 3. The van der Waals surface area contributed by atoms with Crippen LogP contribution in [0.15, 0.2) is 81.3 Å². The van der Waals surface area contributed by atoms with Gasteiger partial charge in [0.15, 0.2) is 0 Å². The monoisotopic (exact) mass is 1140 g/mol. The second kappa shape index (κ2) is 28.7. The molecule has 402 valence electrons. The number of aromatic nitrogens is 5. The van der Waals surface area contributed by atoms with E-state index in [0.29, 0.717) is 21.9 Å². The van der Waals surface area contributed by atoms with Crippen molar-refractivity contribution in [2.24, 2.45) is 7.05 Å². The zero-order chi connectivity index (χ0) is 55.7. The molecule has 0 aliphatic rings. The molecule has 75 heavy (non-hydrogen) atoms. The maximum Gasteiger partial charge on any atom is 1.00 e. The third-order valence-corrected chi connectivity index (χ3v) is 12.6. The van der Waals surface area contributed by atoms with Gasteiger partial charge in [0, 0.05) is 18.6 Å². The summed E-state index contributed by atoms with van der Waals surface area (Å²) < 4.78 is 110. The topological polar surface area (TPSA) is 380 Å². The number of ether oxygens (including phenoxy) is 6. The Bertz CT molecular complexity index is 3260. The first-order valence-electron chi connectivity index (χ1n) is 20.7. The quantitative estimate of drug-likeness (QED) is 0.0551.